The molecule has 7 heteroatoms. The largest absolute Gasteiger partial charge is 0.481 e. The number of carboxylic acid groups (broad SMARTS) is 1. The Balaban J connectivity index is 2.50. The molecule has 0 spiro atoms. The number of carboxylic acids is 1. The van der Waals surface area contributed by atoms with Crippen LogP contribution in [0.5, 0.6) is 0 Å². The predicted molar refractivity (Wildman–Crippen MR) is 74.7 cm³/mol. The SMILES string of the molecule is CC(NC(=O)c1ccco1)C(=O)NC(C)(C)CCC(=O)O. The van der Waals surface area contributed by atoms with E-state index in [9.17, 15) is 14.4 Å². The third-order valence-electron chi connectivity index (χ3n) is 2.91. The summed E-state index contributed by atoms with van der Waals surface area (Å²) in [7, 11) is 0. The van der Waals surface area contributed by atoms with Crippen molar-refractivity contribution in [1.82, 2.24) is 10.6 Å². The van der Waals surface area contributed by atoms with Crippen LogP contribution in [-0.4, -0.2) is 34.5 Å². The van der Waals surface area contributed by atoms with Crippen molar-refractivity contribution in [2.75, 3.05) is 0 Å². The molecule has 0 fully saturated rings. The zero-order chi connectivity index (χ0) is 16.0. The van der Waals surface area contributed by atoms with Crippen molar-refractivity contribution in [2.45, 2.75) is 45.2 Å². The number of carbonyl (C=O) groups is 3. The standard InChI is InChI=1S/C14H20N2O5/c1-9(15-13(20)10-5-4-8-21-10)12(19)16-14(2,3)7-6-11(17)18/h4-5,8-9H,6-7H2,1-3H3,(H,15,20)(H,16,19)(H,17,18). The summed E-state index contributed by atoms with van der Waals surface area (Å²) in [5.74, 6) is -1.66. The molecule has 0 saturated carbocycles. The molecule has 1 rings (SSSR count). The molecule has 21 heavy (non-hydrogen) atoms. The van der Waals surface area contributed by atoms with Crippen molar-refractivity contribution in [3.63, 3.8) is 0 Å². The third kappa shape index (κ3) is 5.68. The van der Waals surface area contributed by atoms with E-state index in [-0.39, 0.29) is 18.1 Å². The van der Waals surface area contributed by atoms with Gasteiger partial charge in [-0.2, -0.15) is 0 Å². The summed E-state index contributed by atoms with van der Waals surface area (Å²) >= 11 is 0. The lowest BCUT2D eigenvalue weighted by Gasteiger charge is -2.27. The summed E-state index contributed by atoms with van der Waals surface area (Å²) in [6.45, 7) is 5.01. The summed E-state index contributed by atoms with van der Waals surface area (Å²) in [5, 5.41) is 13.9. The molecule has 0 aromatic carbocycles. The lowest BCUT2D eigenvalue weighted by Crippen LogP contribution is -2.52. The number of hydrogen-bond donors (Lipinski definition) is 3. The van der Waals surface area contributed by atoms with Crippen LogP contribution in [0, 0.1) is 0 Å². The van der Waals surface area contributed by atoms with E-state index in [1.54, 1.807) is 26.8 Å². The van der Waals surface area contributed by atoms with Gasteiger partial charge in [0.1, 0.15) is 6.04 Å². The highest BCUT2D eigenvalue weighted by Crippen LogP contribution is 2.11. The zero-order valence-electron chi connectivity index (χ0n) is 12.3. The van der Waals surface area contributed by atoms with Crippen molar-refractivity contribution in [1.29, 1.82) is 0 Å². The van der Waals surface area contributed by atoms with Crippen molar-refractivity contribution in [3.8, 4) is 0 Å². The molecule has 0 aliphatic rings. The van der Waals surface area contributed by atoms with Crippen LogP contribution in [-0.2, 0) is 9.59 Å². The Morgan fingerprint density at radius 1 is 1.38 bits per heavy atom. The molecule has 2 amide bonds. The van der Waals surface area contributed by atoms with Crippen LogP contribution in [0.4, 0.5) is 0 Å². The fourth-order valence-corrected chi connectivity index (χ4v) is 1.66. The van der Waals surface area contributed by atoms with Gasteiger partial charge in [-0.15, -0.1) is 0 Å². The molecule has 0 aliphatic carbocycles. The van der Waals surface area contributed by atoms with Crippen LogP contribution in [0.15, 0.2) is 22.8 Å². The van der Waals surface area contributed by atoms with Crippen LogP contribution in [0.3, 0.4) is 0 Å². The summed E-state index contributed by atoms with van der Waals surface area (Å²) in [4.78, 5) is 34.3. The summed E-state index contributed by atoms with van der Waals surface area (Å²) < 4.78 is 4.93. The van der Waals surface area contributed by atoms with Gasteiger partial charge in [0, 0.05) is 12.0 Å². The van der Waals surface area contributed by atoms with Gasteiger partial charge in [0.15, 0.2) is 5.76 Å². The predicted octanol–water partition coefficient (Wildman–Crippen LogP) is 1.16. The van der Waals surface area contributed by atoms with Crippen LogP contribution in [0.25, 0.3) is 0 Å². The molecule has 0 radical (unpaired) electrons. The van der Waals surface area contributed by atoms with E-state index in [4.69, 9.17) is 9.52 Å². The van der Waals surface area contributed by atoms with Crippen LogP contribution in [0.2, 0.25) is 0 Å². The van der Waals surface area contributed by atoms with Crippen molar-refractivity contribution in [2.24, 2.45) is 0 Å². The first-order valence-corrected chi connectivity index (χ1v) is 6.59. The van der Waals surface area contributed by atoms with Gasteiger partial charge in [-0.3, -0.25) is 14.4 Å². The summed E-state index contributed by atoms with van der Waals surface area (Å²) in [6, 6.07) is 2.32. The van der Waals surface area contributed by atoms with E-state index < -0.39 is 23.5 Å². The van der Waals surface area contributed by atoms with Crippen molar-refractivity contribution < 1.29 is 23.9 Å². The summed E-state index contributed by atoms with van der Waals surface area (Å²) in [5.41, 5.74) is -0.668. The zero-order valence-corrected chi connectivity index (χ0v) is 12.3. The second-order valence-electron chi connectivity index (χ2n) is 5.44. The summed E-state index contributed by atoms with van der Waals surface area (Å²) in [6.07, 6.45) is 1.63. The van der Waals surface area contributed by atoms with Crippen LogP contribution >= 0.6 is 0 Å². The Morgan fingerprint density at radius 3 is 2.57 bits per heavy atom. The van der Waals surface area contributed by atoms with Gasteiger partial charge in [-0.05, 0) is 39.3 Å². The molecule has 1 aromatic rings. The Labute approximate surface area is 122 Å². The average molecular weight is 296 g/mol. The lowest BCUT2D eigenvalue weighted by atomic mass is 9.98. The number of rotatable bonds is 7. The Kier molecular flexibility index (Phi) is 5.52. The minimum atomic E-state index is -0.920. The quantitative estimate of drug-likeness (QED) is 0.699. The fourth-order valence-electron chi connectivity index (χ4n) is 1.66. The molecule has 1 aromatic heterocycles. The van der Waals surface area contributed by atoms with E-state index in [0.29, 0.717) is 6.42 Å². The monoisotopic (exact) mass is 296 g/mol. The molecule has 1 heterocycles. The topological polar surface area (TPSA) is 109 Å². The molecule has 7 nitrogen and oxygen atoms in total. The van der Waals surface area contributed by atoms with Gasteiger partial charge < -0.3 is 20.2 Å². The smallest absolute Gasteiger partial charge is 0.303 e. The second kappa shape index (κ2) is 6.92. The van der Waals surface area contributed by atoms with E-state index >= 15 is 0 Å². The van der Waals surface area contributed by atoms with E-state index in [0.717, 1.165) is 0 Å². The number of amides is 2. The highest BCUT2D eigenvalue weighted by atomic mass is 16.4. The van der Waals surface area contributed by atoms with Gasteiger partial charge in [0.25, 0.3) is 5.91 Å². The Morgan fingerprint density at radius 2 is 2.05 bits per heavy atom. The minimum Gasteiger partial charge on any atom is -0.481 e. The van der Waals surface area contributed by atoms with Crippen LogP contribution in [0.1, 0.15) is 44.2 Å². The maximum Gasteiger partial charge on any atom is 0.303 e. The first-order valence-electron chi connectivity index (χ1n) is 6.59. The van der Waals surface area contributed by atoms with Crippen molar-refractivity contribution >= 4 is 17.8 Å². The van der Waals surface area contributed by atoms with Crippen LogP contribution < -0.4 is 10.6 Å². The molecular weight excluding hydrogens is 276 g/mol. The third-order valence-corrected chi connectivity index (χ3v) is 2.91. The molecule has 1 unspecified atom stereocenters. The number of furan rings is 1. The van der Waals surface area contributed by atoms with E-state index in [2.05, 4.69) is 10.6 Å². The minimum absolute atomic E-state index is 0.0413. The number of aliphatic carboxylic acids is 1. The molecule has 116 valence electrons. The fraction of sp³-hybridized carbons (Fsp3) is 0.500. The Bertz CT molecular complexity index is 507. The number of carbonyl (C=O) groups excluding carboxylic acids is 2. The average Bonchev–Trinajstić information content (AvgIpc) is 2.89. The van der Waals surface area contributed by atoms with Crippen molar-refractivity contribution in [3.05, 3.63) is 24.2 Å². The Hall–Kier alpha value is -2.31. The number of nitrogens with one attached hydrogen (secondary N) is 2. The van der Waals surface area contributed by atoms with Gasteiger partial charge in [-0.1, -0.05) is 0 Å². The molecule has 0 saturated heterocycles. The molecule has 3 N–H and O–H groups in total. The maximum absolute atomic E-state index is 12.0. The first-order chi connectivity index (χ1) is 9.71. The van der Waals surface area contributed by atoms with Gasteiger partial charge >= 0.3 is 5.97 Å². The van der Waals surface area contributed by atoms with E-state index in [1.165, 1.54) is 12.3 Å². The molecular formula is C14H20N2O5. The van der Waals surface area contributed by atoms with Gasteiger partial charge in [0.05, 0.1) is 6.26 Å². The highest BCUT2D eigenvalue weighted by Gasteiger charge is 2.25. The lowest BCUT2D eigenvalue weighted by molar-refractivity contribution is -0.137. The maximum atomic E-state index is 12.0. The second-order valence-corrected chi connectivity index (χ2v) is 5.44. The number of hydrogen-bond acceptors (Lipinski definition) is 4. The molecule has 1 atom stereocenters. The van der Waals surface area contributed by atoms with Gasteiger partial charge in [0.2, 0.25) is 5.91 Å². The molecule has 0 aliphatic heterocycles. The van der Waals surface area contributed by atoms with E-state index in [1.807, 2.05) is 0 Å². The normalized spacial score (nSPS) is 12.5. The molecule has 0 bridgehead atoms. The highest BCUT2D eigenvalue weighted by molar-refractivity contribution is 5.95. The first kappa shape index (κ1) is 16.7. The van der Waals surface area contributed by atoms with Gasteiger partial charge in [-0.25, -0.2) is 0 Å².